The van der Waals surface area contributed by atoms with Crippen molar-refractivity contribution >= 4 is 51.2 Å². The molecular weight excluding hydrogens is 368 g/mol. The molecule has 22 heavy (non-hydrogen) atoms. The summed E-state index contributed by atoms with van der Waals surface area (Å²) in [6, 6.07) is 13.5. The highest BCUT2D eigenvalue weighted by atomic mass is 79.9. The minimum atomic E-state index is -0.478. The lowest BCUT2D eigenvalue weighted by Crippen LogP contribution is -2.30. The van der Waals surface area contributed by atoms with Crippen LogP contribution in [-0.2, 0) is 4.79 Å². The molecule has 2 aromatic carbocycles. The van der Waals surface area contributed by atoms with Gasteiger partial charge in [-0.1, -0.05) is 39.7 Å². The fraction of sp³-hybridized carbons (Fsp3) is 0. The lowest BCUT2D eigenvalue weighted by molar-refractivity contribution is -0.113. The number of nitrogens with zero attached hydrogens (tertiary/aromatic N) is 1. The second kappa shape index (κ2) is 5.94. The van der Waals surface area contributed by atoms with Gasteiger partial charge in [0.1, 0.15) is 5.70 Å². The predicted octanol–water partition coefficient (Wildman–Crippen LogP) is 4.20. The molecule has 6 heteroatoms. The number of carbonyl (C=O) groups excluding carboxylic acids is 2. The van der Waals surface area contributed by atoms with Crippen LogP contribution in [0.2, 0.25) is 5.02 Å². The molecule has 0 atom stereocenters. The second-order valence-electron chi connectivity index (χ2n) is 4.66. The van der Waals surface area contributed by atoms with Crippen molar-refractivity contribution in [1.29, 1.82) is 0 Å². The van der Waals surface area contributed by atoms with E-state index in [1.54, 1.807) is 30.3 Å². The Morgan fingerprint density at radius 1 is 1.09 bits per heavy atom. The van der Waals surface area contributed by atoms with Crippen molar-refractivity contribution < 1.29 is 9.59 Å². The summed E-state index contributed by atoms with van der Waals surface area (Å²) >= 11 is 9.19. The van der Waals surface area contributed by atoms with Gasteiger partial charge in [0.25, 0.3) is 5.91 Å². The number of anilines is 1. The van der Waals surface area contributed by atoms with Crippen molar-refractivity contribution in [3.05, 3.63) is 69.3 Å². The van der Waals surface area contributed by atoms with Crippen molar-refractivity contribution in [1.82, 2.24) is 5.32 Å². The van der Waals surface area contributed by atoms with Crippen LogP contribution in [0.4, 0.5) is 10.5 Å². The molecule has 1 saturated heterocycles. The van der Waals surface area contributed by atoms with E-state index in [1.165, 1.54) is 0 Å². The maximum Gasteiger partial charge on any atom is 0.333 e. The van der Waals surface area contributed by atoms with Crippen molar-refractivity contribution in [2.45, 2.75) is 0 Å². The number of carbonyl (C=O) groups is 2. The number of halogens is 2. The van der Waals surface area contributed by atoms with Crippen molar-refractivity contribution in [2.75, 3.05) is 4.90 Å². The molecule has 1 heterocycles. The fourth-order valence-corrected chi connectivity index (χ4v) is 2.67. The Morgan fingerprint density at radius 3 is 2.50 bits per heavy atom. The van der Waals surface area contributed by atoms with Crippen LogP contribution >= 0.6 is 27.5 Å². The van der Waals surface area contributed by atoms with E-state index in [4.69, 9.17) is 11.6 Å². The van der Waals surface area contributed by atoms with Crippen LogP contribution in [0, 0.1) is 0 Å². The number of nitrogens with one attached hydrogen (secondary N) is 1. The molecule has 0 spiro atoms. The Hall–Kier alpha value is -2.11. The van der Waals surface area contributed by atoms with Gasteiger partial charge in [-0.25, -0.2) is 9.69 Å². The van der Waals surface area contributed by atoms with Gasteiger partial charge < -0.3 is 5.32 Å². The standard InChI is InChI=1S/C16H10BrClN2O2/c17-11-3-1-2-10(8-11)9-14-15(21)20(16(22)19-14)13-6-4-12(18)5-7-13/h1-9H,(H,19,22)/b14-9+. The molecule has 0 radical (unpaired) electrons. The van der Waals surface area contributed by atoms with Crippen molar-refractivity contribution in [3.63, 3.8) is 0 Å². The van der Waals surface area contributed by atoms with E-state index < -0.39 is 11.9 Å². The molecule has 1 N–H and O–H groups in total. The molecule has 1 aliphatic heterocycles. The molecule has 110 valence electrons. The summed E-state index contributed by atoms with van der Waals surface area (Å²) in [6.45, 7) is 0. The molecule has 0 bridgehead atoms. The number of benzene rings is 2. The summed E-state index contributed by atoms with van der Waals surface area (Å²) in [5, 5.41) is 3.13. The van der Waals surface area contributed by atoms with Gasteiger partial charge in [0.2, 0.25) is 0 Å². The van der Waals surface area contributed by atoms with Crippen LogP contribution < -0.4 is 10.2 Å². The smallest absolute Gasteiger partial charge is 0.302 e. The van der Waals surface area contributed by atoms with E-state index >= 15 is 0 Å². The van der Waals surface area contributed by atoms with Gasteiger partial charge in [-0.05, 0) is 48.0 Å². The van der Waals surface area contributed by atoms with E-state index in [0.717, 1.165) is 14.9 Å². The average Bonchev–Trinajstić information content (AvgIpc) is 2.75. The average molecular weight is 378 g/mol. The van der Waals surface area contributed by atoms with E-state index in [0.29, 0.717) is 10.7 Å². The first-order valence-corrected chi connectivity index (χ1v) is 7.60. The number of imide groups is 1. The Bertz CT molecular complexity index is 787. The molecule has 0 saturated carbocycles. The predicted molar refractivity (Wildman–Crippen MR) is 89.6 cm³/mol. The van der Waals surface area contributed by atoms with Gasteiger partial charge in [0.05, 0.1) is 5.69 Å². The van der Waals surface area contributed by atoms with Gasteiger partial charge in [0.15, 0.2) is 0 Å². The Balaban J connectivity index is 1.93. The molecule has 0 aromatic heterocycles. The van der Waals surface area contributed by atoms with E-state index in [2.05, 4.69) is 21.2 Å². The highest BCUT2D eigenvalue weighted by molar-refractivity contribution is 9.10. The van der Waals surface area contributed by atoms with Crippen LogP contribution in [0.5, 0.6) is 0 Å². The van der Waals surface area contributed by atoms with Gasteiger partial charge in [0, 0.05) is 9.50 Å². The number of rotatable bonds is 2. The van der Waals surface area contributed by atoms with Crippen LogP contribution in [0.15, 0.2) is 58.7 Å². The normalized spacial score (nSPS) is 16.3. The van der Waals surface area contributed by atoms with Crippen LogP contribution in [0.25, 0.3) is 6.08 Å². The lowest BCUT2D eigenvalue weighted by Gasteiger charge is -2.11. The molecule has 0 aliphatic carbocycles. The number of hydrogen-bond acceptors (Lipinski definition) is 2. The molecule has 3 amide bonds. The van der Waals surface area contributed by atoms with Gasteiger partial charge in [-0.3, -0.25) is 4.79 Å². The maximum atomic E-state index is 12.4. The Kier molecular flexibility index (Phi) is 4.00. The SMILES string of the molecule is O=C1N/C(=C/c2cccc(Br)c2)C(=O)N1c1ccc(Cl)cc1. The van der Waals surface area contributed by atoms with Crippen LogP contribution in [0.1, 0.15) is 5.56 Å². The zero-order valence-corrected chi connectivity index (χ0v) is 13.6. The molecule has 1 aliphatic rings. The summed E-state index contributed by atoms with van der Waals surface area (Å²) in [7, 11) is 0. The fourth-order valence-electron chi connectivity index (χ4n) is 2.12. The molecule has 4 nitrogen and oxygen atoms in total. The highest BCUT2D eigenvalue weighted by Crippen LogP contribution is 2.24. The summed E-state index contributed by atoms with van der Waals surface area (Å²) in [5.41, 5.74) is 1.53. The summed E-state index contributed by atoms with van der Waals surface area (Å²) < 4.78 is 0.896. The van der Waals surface area contributed by atoms with E-state index in [-0.39, 0.29) is 5.70 Å². The molecule has 2 aromatic rings. The molecule has 1 fully saturated rings. The largest absolute Gasteiger partial charge is 0.333 e. The van der Waals surface area contributed by atoms with Crippen molar-refractivity contribution in [3.8, 4) is 0 Å². The quantitative estimate of drug-likeness (QED) is 0.630. The topological polar surface area (TPSA) is 49.4 Å². The summed E-state index contributed by atoms with van der Waals surface area (Å²) in [4.78, 5) is 25.6. The third kappa shape index (κ3) is 2.91. The number of hydrogen-bond donors (Lipinski definition) is 1. The van der Waals surface area contributed by atoms with E-state index in [9.17, 15) is 9.59 Å². The zero-order chi connectivity index (χ0) is 15.7. The van der Waals surface area contributed by atoms with Gasteiger partial charge >= 0.3 is 6.03 Å². The third-order valence-electron chi connectivity index (χ3n) is 3.12. The van der Waals surface area contributed by atoms with Crippen molar-refractivity contribution in [2.24, 2.45) is 0 Å². The zero-order valence-electron chi connectivity index (χ0n) is 11.2. The first kappa shape index (κ1) is 14.8. The summed E-state index contributed by atoms with van der Waals surface area (Å²) in [5.74, 6) is -0.396. The second-order valence-corrected chi connectivity index (χ2v) is 6.01. The third-order valence-corrected chi connectivity index (χ3v) is 3.87. The lowest BCUT2D eigenvalue weighted by atomic mass is 10.2. The first-order valence-electron chi connectivity index (χ1n) is 6.43. The highest BCUT2D eigenvalue weighted by Gasteiger charge is 2.34. The molecule has 0 unspecified atom stereocenters. The minimum absolute atomic E-state index is 0.234. The molecule has 3 rings (SSSR count). The van der Waals surface area contributed by atoms with Gasteiger partial charge in [-0.15, -0.1) is 0 Å². The Labute approximate surface area is 140 Å². The summed E-state index contributed by atoms with van der Waals surface area (Å²) in [6.07, 6.45) is 1.64. The Morgan fingerprint density at radius 2 is 1.82 bits per heavy atom. The van der Waals surface area contributed by atoms with Gasteiger partial charge in [-0.2, -0.15) is 0 Å². The number of amides is 3. The minimum Gasteiger partial charge on any atom is -0.302 e. The number of urea groups is 1. The van der Waals surface area contributed by atoms with E-state index in [1.807, 2.05) is 24.3 Å². The first-order chi connectivity index (χ1) is 10.5. The van der Waals surface area contributed by atoms with Crippen LogP contribution in [0.3, 0.4) is 0 Å². The molecular formula is C16H10BrClN2O2. The monoisotopic (exact) mass is 376 g/mol. The maximum absolute atomic E-state index is 12.4. The van der Waals surface area contributed by atoms with Crippen LogP contribution in [-0.4, -0.2) is 11.9 Å².